The molecular weight excluding hydrogens is 272 g/mol. The Bertz CT molecular complexity index is 592. The Labute approximate surface area is 127 Å². The van der Waals surface area contributed by atoms with Gasteiger partial charge in [-0.3, -0.25) is 4.79 Å². The van der Waals surface area contributed by atoms with Gasteiger partial charge in [0.15, 0.2) is 0 Å². The summed E-state index contributed by atoms with van der Waals surface area (Å²) >= 11 is 0. The van der Waals surface area contributed by atoms with E-state index in [1.807, 2.05) is 6.08 Å². The highest BCUT2D eigenvalue weighted by atomic mass is 28.3. The second-order valence-electron chi connectivity index (χ2n) is 5.67. The molecule has 1 nitrogen and oxygen atoms in total. The second kappa shape index (κ2) is 6.23. The fraction of sp³-hybridized carbons (Fsp3) is 0.211. The van der Waals surface area contributed by atoms with E-state index in [1.54, 1.807) is 0 Å². The standard InChI is InChI=1S/C19H20OSi/c20-15-14-19-13-7-8-16-21(19,17-9-3-1-4-10-17)18-11-5-2-6-12-18/h1-6,9-12,14-15H,7-8,13,16H2/b19-14+. The van der Waals surface area contributed by atoms with Crippen LogP contribution in [0.5, 0.6) is 0 Å². The molecule has 0 unspecified atom stereocenters. The van der Waals surface area contributed by atoms with Gasteiger partial charge in [-0.25, -0.2) is 0 Å². The first-order valence-electron chi connectivity index (χ1n) is 7.64. The molecule has 0 saturated carbocycles. The molecule has 2 heteroatoms. The number of hydrogen-bond donors (Lipinski definition) is 0. The van der Waals surface area contributed by atoms with E-state index in [-0.39, 0.29) is 0 Å². The van der Waals surface area contributed by atoms with Gasteiger partial charge < -0.3 is 0 Å². The third-order valence-corrected chi connectivity index (χ3v) is 9.85. The number of rotatable bonds is 3. The molecule has 21 heavy (non-hydrogen) atoms. The molecule has 1 heterocycles. The molecule has 0 N–H and O–H groups in total. The monoisotopic (exact) mass is 292 g/mol. The lowest BCUT2D eigenvalue weighted by Crippen LogP contribution is -2.61. The van der Waals surface area contributed by atoms with E-state index < -0.39 is 8.07 Å². The summed E-state index contributed by atoms with van der Waals surface area (Å²) in [5.41, 5.74) is 0. The van der Waals surface area contributed by atoms with Crippen LogP contribution < -0.4 is 10.4 Å². The van der Waals surface area contributed by atoms with E-state index in [2.05, 4.69) is 60.7 Å². The Morgan fingerprint density at radius 1 is 0.810 bits per heavy atom. The molecule has 1 fully saturated rings. The number of aldehydes is 1. The van der Waals surface area contributed by atoms with Gasteiger partial charge in [0, 0.05) is 0 Å². The maximum Gasteiger partial charge on any atom is 0.144 e. The quantitative estimate of drug-likeness (QED) is 0.483. The Morgan fingerprint density at radius 3 is 1.90 bits per heavy atom. The first kappa shape index (κ1) is 14.0. The topological polar surface area (TPSA) is 17.1 Å². The summed E-state index contributed by atoms with van der Waals surface area (Å²) in [4.78, 5) is 11.2. The van der Waals surface area contributed by atoms with E-state index in [9.17, 15) is 4.79 Å². The van der Waals surface area contributed by atoms with Crippen molar-refractivity contribution >= 4 is 24.7 Å². The van der Waals surface area contributed by atoms with E-state index in [1.165, 1.54) is 34.5 Å². The smallest absolute Gasteiger partial charge is 0.144 e. The number of allylic oxidation sites excluding steroid dienone is 2. The van der Waals surface area contributed by atoms with Gasteiger partial charge in [-0.2, -0.15) is 0 Å². The lowest BCUT2D eigenvalue weighted by molar-refractivity contribution is -0.104. The SMILES string of the molecule is O=C/C=C1\CCCC[Si]1(c1ccccc1)c1ccccc1. The average molecular weight is 292 g/mol. The van der Waals surface area contributed by atoms with Crippen LogP contribution in [0.1, 0.15) is 19.3 Å². The lowest BCUT2D eigenvalue weighted by atomic mass is 10.2. The van der Waals surface area contributed by atoms with Gasteiger partial charge in [-0.15, -0.1) is 0 Å². The first-order chi connectivity index (χ1) is 10.4. The van der Waals surface area contributed by atoms with Crippen LogP contribution in [0.4, 0.5) is 0 Å². The molecule has 1 saturated heterocycles. The van der Waals surface area contributed by atoms with Crippen LogP contribution >= 0.6 is 0 Å². The van der Waals surface area contributed by atoms with E-state index in [4.69, 9.17) is 0 Å². The molecule has 1 aliphatic rings. The van der Waals surface area contributed by atoms with Gasteiger partial charge in [0.2, 0.25) is 0 Å². The highest BCUT2D eigenvalue weighted by Crippen LogP contribution is 2.32. The second-order valence-corrected chi connectivity index (χ2v) is 9.78. The molecule has 0 atom stereocenters. The van der Waals surface area contributed by atoms with Gasteiger partial charge in [0.25, 0.3) is 0 Å². The Kier molecular flexibility index (Phi) is 4.16. The van der Waals surface area contributed by atoms with E-state index >= 15 is 0 Å². The van der Waals surface area contributed by atoms with Crippen molar-refractivity contribution in [3.05, 3.63) is 71.9 Å². The molecule has 0 bridgehead atoms. The predicted molar refractivity (Wildman–Crippen MR) is 90.7 cm³/mol. The molecule has 2 aromatic carbocycles. The molecule has 0 radical (unpaired) electrons. The van der Waals surface area contributed by atoms with Crippen molar-refractivity contribution in [3.63, 3.8) is 0 Å². The molecular formula is C19H20OSi. The van der Waals surface area contributed by atoms with Crippen LogP contribution in [0.3, 0.4) is 0 Å². The molecule has 1 aliphatic heterocycles. The molecule has 106 valence electrons. The molecule has 3 rings (SSSR count). The van der Waals surface area contributed by atoms with E-state index in [0.717, 1.165) is 12.7 Å². The zero-order chi connectivity index (χ0) is 14.5. The predicted octanol–water partition coefficient (Wildman–Crippen LogP) is 3.10. The minimum Gasteiger partial charge on any atom is -0.299 e. The Morgan fingerprint density at radius 2 is 1.38 bits per heavy atom. The summed E-state index contributed by atoms with van der Waals surface area (Å²) in [6.45, 7) is 0. The van der Waals surface area contributed by atoms with Crippen LogP contribution in [-0.4, -0.2) is 14.4 Å². The van der Waals surface area contributed by atoms with Crippen LogP contribution in [0.25, 0.3) is 0 Å². The van der Waals surface area contributed by atoms with Crippen LogP contribution in [0.15, 0.2) is 71.9 Å². The Hall–Kier alpha value is -1.93. The molecule has 0 spiro atoms. The first-order valence-corrected chi connectivity index (χ1v) is 9.84. The van der Waals surface area contributed by atoms with Crippen molar-refractivity contribution in [2.24, 2.45) is 0 Å². The van der Waals surface area contributed by atoms with Crippen LogP contribution in [-0.2, 0) is 4.79 Å². The average Bonchev–Trinajstić information content (AvgIpc) is 2.57. The maximum atomic E-state index is 11.2. The Balaban J connectivity index is 2.24. The third-order valence-electron chi connectivity index (χ3n) is 4.60. The minimum absolute atomic E-state index is 0.980. The highest BCUT2D eigenvalue weighted by molar-refractivity contribution is 7.07. The fourth-order valence-electron chi connectivity index (χ4n) is 3.66. The minimum atomic E-state index is -1.96. The zero-order valence-corrected chi connectivity index (χ0v) is 13.2. The number of carbonyl (C=O) groups is 1. The van der Waals surface area contributed by atoms with Crippen molar-refractivity contribution in [3.8, 4) is 0 Å². The highest BCUT2D eigenvalue weighted by Gasteiger charge is 2.41. The zero-order valence-electron chi connectivity index (χ0n) is 12.2. The molecule has 0 amide bonds. The summed E-state index contributed by atoms with van der Waals surface area (Å²) in [6, 6.07) is 22.9. The van der Waals surface area contributed by atoms with Crippen molar-refractivity contribution in [2.45, 2.75) is 25.3 Å². The van der Waals surface area contributed by atoms with Gasteiger partial charge >= 0.3 is 0 Å². The fourth-order valence-corrected chi connectivity index (χ4v) is 8.89. The summed E-state index contributed by atoms with van der Waals surface area (Å²) in [5, 5.41) is 4.26. The van der Waals surface area contributed by atoms with Gasteiger partial charge in [-0.05, 0) is 28.9 Å². The van der Waals surface area contributed by atoms with Crippen molar-refractivity contribution < 1.29 is 4.79 Å². The summed E-state index contributed by atoms with van der Waals surface area (Å²) in [5.74, 6) is 0. The van der Waals surface area contributed by atoms with Crippen molar-refractivity contribution in [2.75, 3.05) is 0 Å². The number of benzene rings is 2. The number of hydrogen-bond acceptors (Lipinski definition) is 1. The van der Waals surface area contributed by atoms with Gasteiger partial charge in [0.05, 0.1) is 0 Å². The molecule has 0 aromatic heterocycles. The van der Waals surface area contributed by atoms with Crippen molar-refractivity contribution in [1.29, 1.82) is 0 Å². The number of carbonyl (C=O) groups excluding carboxylic acids is 1. The van der Waals surface area contributed by atoms with Gasteiger partial charge in [0.1, 0.15) is 14.4 Å². The van der Waals surface area contributed by atoms with Gasteiger partial charge in [-0.1, -0.05) is 78.7 Å². The summed E-state index contributed by atoms with van der Waals surface area (Å²) < 4.78 is 0. The van der Waals surface area contributed by atoms with Crippen molar-refractivity contribution in [1.82, 2.24) is 0 Å². The molecule has 0 aliphatic carbocycles. The molecule has 2 aromatic rings. The maximum absolute atomic E-state index is 11.2. The normalized spacial score (nSPS) is 19.3. The third kappa shape index (κ3) is 2.51. The lowest BCUT2D eigenvalue weighted by Gasteiger charge is -2.39. The summed E-state index contributed by atoms with van der Waals surface area (Å²) in [7, 11) is -1.96. The van der Waals surface area contributed by atoms with Crippen LogP contribution in [0, 0.1) is 0 Å². The van der Waals surface area contributed by atoms with Crippen LogP contribution in [0.2, 0.25) is 6.04 Å². The van der Waals surface area contributed by atoms with E-state index in [0.29, 0.717) is 0 Å². The largest absolute Gasteiger partial charge is 0.299 e. The summed E-state index contributed by atoms with van der Waals surface area (Å²) in [6.07, 6.45) is 6.36.